The molecule has 1 amide bonds. The number of hydrogen-bond donors (Lipinski definition) is 2. The van der Waals surface area contributed by atoms with Gasteiger partial charge in [-0.05, 0) is 17.9 Å². The number of aryl methyl sites for hydroxylation is 2. The average molecular weight is 225 g/mol. The topological polar surface area (TPSA) is 67.2 Å². The van der Waals surface area contributed by atoms with E-state index in [4.69, 9.17) is 5.11 Å². The quantitative estimate of drug-likeness (QED) is 0.721. The second-order valence-electron chi connectivity index (χ2n) is 4.11. The summed E-state index contributed by atoms with van der Waals surface area (Å²) in [5, 5.41) is 15.6. The summed E-state index contributed by atoms with van der Waals surface area (Å²) >= 11 is 0. The first-order valence-electron chi connectivity index (χ1n) is 5.47. The maximum absolute atomic E-state index is 11.4. The molecule has 0 bridgehead atoms. The summed E-state index contributed by atoms with van der Waals surface area (Å²) < 4.78 is 1.72. The first kappa shape index (κ1) is 12.7. The Morgan fingerprint density at radius 2 is 2.44 bits per heavy atom. The van der Waals surface area contributed by atoms with Gasteiger partial charge in [0.2, 0.25) is 5.91 Å². The number of aliphatic hydroxyl groups is 1. The molecule has 5 heteroatoms. The van der Waals surface area contributed by atoms with Gasteiger partial charge in [-0.2, -0.15) is 5.10 Å². The second kappa shape index (κ2) is 6.27. The molecule has 1 aromatic rings. The molecule has 2 N–H and O–H groups in total. The molecule has 0 aliphatic rings. The van der Waals surface area contributed by atoms with E-state index in [-0.39, 0.29) is 18.4 Å². The third-order valence-electron chi connectivity index (χ3n) is 2.36. The predicted molar refractivity (Wildman–Crippen MR) is 60.8 cm³/mol. The molecular weight excluding hydrogens is 206 g/mol. The van der Waals surface area contributed by atoms with Gasteiger partial charge in [-0.1, -0.05) is 6.92 Å². The van der Waals surface area contributed by atoms with Crippen LogP contribution in [0.15, 0.2) is 12.4 Å². The van der Waals surface area contributed by atoms with E-state index < -0.39 is 0 Å². The Morgan fingerprint density at radius 1 is 1.69 bits per heavy atom. The van der Waals surface area contributed by atoms with Gasteiger partial charge in [0.25, 0.3) is 0 Å². The van der Waals surface area contributed by atoms with Crippen molar-refractivity contribution < 1.29 is 9.90 Å². The third-order valence-corrected chi connectivity index (χ3v) is 2.36. The molecular formula is C11H19N3O2. The lowest BCUT2D eigenvalue weighted by molar-refractivity contribution is -0.121. The molecule has 0 radical (unpaired) electrons. The summed E-state index contributed by atoms with van der Waals surface area (Å²) in [6, 6.07) is 0. The lowest BCUT2D eigenvalue weighted by atomic mass is 10.1. The summed E-state index contributed by atoms with van der Waals surface area (Å²) in [5.74, 6) is 0.131. The Labute approximate surface area is 95.5 Å². The van der Waals surface area contributed by atoms with Crippen LogP contribution in [0.3, 0.4) is 0 Å². The fraction of sp³-hybridized carbons (Fsp3) is 0.636. The van der Waals surface area contributed by atoms with E-state index in [0.29, 0.717) is 19.4 Å². The molecule has 0 spiro atoms. The van der Waals surface area contributed by atoms with E-state index >= 15 is 0 Å². The van der Waals surface area contributed by atoms with E-state index in [1.165, 1.54) is 0 Å². The van der Waals surface area contributed by atoms with E-state index in [2.05, 4.69) is 10.4 Å². The zero-order valence-corrected chi connectivity index (χ0v) is 9.81. The molecule has 0 aliphatic carbocycles. The minimum Gasteiger partial charge on any atom is -0.396 e. The van der Waals surface area contributed by atoms with E-state index in [1.807, 2.05) is 20.2 Å². The van der Waals surface area contributed by atoms with Gasteiger partial charge in [0.1, 0.15) is 0 Å². The summed E-state index contributed by atoms with van der Waals surface area (Å²) in [4.78, 5) is 11.4. The summed E-state index contributed by atoms with van der Waals surface area (Å²) in [5.41, 5.74) is 1.06. The van der Waals surface area contributed by atoms with Crippen molar-refractivity contribution in [2.24, 2.45) is 13.0 Å². The number of hydrogen-bond acceptors (Lipinski definition) is 3. The van der Waals surface area contributed by atoms with Gasteiger partial charge in [0, 0.05) is 32.8 Å². The highest BCUT2D eigenvalue weighted by atomic mass is 16.3. The molecule has 0 saturated carbocycles. The van der Waals surface area contributed by atoms with Crippen molar-refractivity contribution in [3.63, 3.8) is 0 Å². The van der Waals surface area contributed by atoms with Gasteiger partial charge < -0.3 is 10.4 Å². The minimum absolute atomic E-state index is 0.0177. The van der Waals surface area contributed by atoms with Gasteiger partial charge in [-0.15, -0.1) is 0 Å². The molecule has 1 rings (SSSR count). The van der Waals surface area contributed by atoms with E-state index in [1.54, 1.807) is 10.9 Å². The number of amides is 1. The zero-order chi connectivity index (χ0) is 12.0. The Bertz CT molecular complexity index is 336. The first-order valence-corrected chi connectivity index (χ1v) is 5.47. The smallest absolute Gasteiger partial charge is 0.220 e. The normalized spacial score (nSPS) is 12.4. The molecule has 1 atom stereocenters. The van der Waals surface area contributed by atoms with Crippen molar-refractivity contribution in [1.82, 2.24) is 15.1 Å². The van der Waals surface area contributed by atoms with Crippen LogP contribution in [0.4, 0.5) is 0 Å². The molecule has 0 aliphatic heterocycles. The third kappa shape index (κ3) is 4.44. The highest BCUT2D eigenvalue weighted by molar-refractivity contribution is 5.76. The zero-order valence-electron chi connectivity index (χ0n) is 9.81. The molecule has 16 heavy (non-hydrogen) atoms. The van der Waals surface area contributed by atoms with Gasteiger partial charge in [-0.3, -0.25) is 9.48 Å². The lowest BCUT2D eigenvalue weighted by Gasteiger charge is -2.08. The number of aliphatic hydroxyl groups excluding tert-OH is 1. The lowest BCUT2D eigenvalue weighted by Crippen LogP contribution is -2.29. The van der Waals surface area contributed by atoms with Crippen molar-refractivity contribution in [2.75, 3.05) is 13.2 Å². The Balaban J connectivity index is 2.20. The van der Waals surface area contributed by atoms with Crippen LogP contribution in [0.2, 0.25) is 0 Å². The van der Waals surface area contributed by atoms with Crippen LogP contribution >= 0.6 is 0 Å². The summed E-state index contributed by atoms with van der Waals surface area (Å²) in [6.45, 7) is 2.52. The van der Waals surface area contributed by atoms with E-state index in [0.717, 1.165) is 5.56 Å². The predicted octanol–water partition coefficient (Wildman–Crippen LogP) is 0.0973. The number of aromatic nitrogens is 2. The highest BCUT2D eigenvalue weighted by Crippen LogP contribution is 2.00. The van der Waals surface area contributed by atoms with E-state index in [9.17, 15) is 4.79 Å². The van der Waals surface area contributed by atoms with Crippen molar-refractivity contribution in [3.8, 4) is 0 Å². The molecule has 1 unspecified atom stereocenters. The van der Waals surface area contributed by atoms with Crippen molar-refractivity contribution in [1.29, 1.82) is 0 Å². The van der Waals surface area contributed by atoms with Crippen molar-refractivity contribution >= 4 is 5.91 Å². The van der Waals surface area contributed by atoms with Crippen molar-refractivity contribution in [3.05, 3.63) is 18.0 Å². The Kier molecular flexibility index (Phi) is 4.98. The maximum atomic E-state index is 11.4. The number of rotatable bonds is 6. The van der Waals surface area contributed by atoms with Crippen LogP contribution in [0.5, 0.6) is 0 Å². The Morgan fingerprint density at radius 3 is 3.00 bits per heavy atom. The fourth-order valence-corrected chi connectivity index (χ4v) is 1.30. The number of nitrogens with one attached hydrogen (secondary N) is 1. The second-order valence-corrected chi connectivity index (χ2v) is 4.11. The van der Waals surface area contributed by atoms with Crippen LogP contribution in [0, 0.1) is 5.92 Å². The maximum Gasteiger partial charge on any atom is 0.220 e. The molecule has 1 aromatic heterocycles. The summed E-state index contributed by atoms with van der Waals surface area (Å²) in [6.07, 6.45) is 4.84. The van der Waals surface area contributed by atoms with Gasteiger partial charge in [0.05, 0.1) is 6.20 Å². The van der Waals surface area contributed by atoms with Crippen LogP contribution in [0.25, 0.3) is 0 Å². The monoisotopic (exact) mass is 225 g/mol. The van der Waals surface area contributed by atoms with Crippen molar-refractivity contribution in [2.45, 2.75) is 19.8 Å². The number of carbonyl (C=O) groups is 1. The molecule has 0 aromatic carbocycles. The van der Waals surface area contributed by atoms with Gasteiger partial charge in [-0.25, -0.2) is 0 Å². The van der Waals surface area contributed by atoms with Crippen LogP contribution < -0.4 is 5.32 Å². The largest absolute Gasteiger partial charge is 0.396 e. The van der Waals surface area contributed by atoms with Gasteiger partial charge >= 0.3 is 0 Å². The molecule has 5 nitrogen and oxygen atoms in total. The standard InChI is InChI=1S/C11H19N3O2/c1-9(8-15)5-12-11(16)4-3-10-6-13-14(2)7-10/h6-7,9,15H,3-5,8H2,1-2H3,(H,12,16). The SMILES string of the molecule is CC(CO)CNC(=O)CCc1cnn(C)c1. The average Bonchev–Trinajstić information content (AvgIpc) is 2.69. The molecule has 90 valence electrons. The summed E-state index contributed by atoms with van der Waals surface area (Å²) in [7, 11) is 1.85. The first-order chi connectivity index (χ1) is 7.61. The van der Waals surface area contributed by atoms with Crippen LogP contribution in [0.1, 0.15) is 18.9 Å². The number of carbonyl (C=O) groups excluding carboxylic acids is 1. The molecule has 0 saturated heterocycles. The number of nitrogens with zero attached hydrogens (tertiary/aromatic N) is 2. The highest BCUT2D eigenvalue weighted by Gasteiger charge is 2.05. The fourth-order valence-electron chi connectivity index (χ4n) is 1.30. The van der Waals surface area contributed by atoms with Crippen LogP contribution in [-0.2, 0) is 18.3 Å². The Hall–Kier alpha value is -1.36. The minimum atomic E-state index is 0.0177. The van der Waals surface area contributed by atoms with Crippen LogP contribution in [-0.4, -0.2) is 33.9 Å². The molecule has 0 fully saturated rings. The molecule has 1 heterocycles. The van der Waals surface area contributed by atoms with Gasteiger partial charge in [0.15, 0.2) is 0 Å².